The molecule has 0 saturated carbocycles. The quantitative estimate of drug-likeness (QED) is 0.769. The van der Waals surface area contributed by atoms with Crippen molar-refractivity contribution in [1.29, 1.82) is 0 Å². The lowest BCUT2D eigenvalue weighted by molar-refractivity contribution is -0.116. The number of anilines is 2. The molecule has 0 aliphatic carbocycles. The van der Waals surface area contributed by atoms with Gasteiger partial charge >= 0.3 is 0 Å². The number of fused-ring (bicyclic) bond motifs is 1. The SMILES string of the molecule is Cc1nc2n(c(=O)c1C)[C@@H](CC(=O)Nc1cc(N3CCC(C)CC3)ncn1)CS2. The number of nitrogens with zero attached hydrogens (tertiary/aromatic N) is 5. The molecule has 1 fully saturated rings. The van der Waals surface area contributed by atoms with E-state index >= 15 is 0 Å². The zero-order valence-electron chi connectivity index (χ0n) is 17.0. The highest BCUT2D eigenvalue weighted by Gasteiger charge is 2.28. The van der Waals surface area contributed by atoms with Crippen LogP contribution in [0.4, 0.5) is 11.6 Å². The third kappa shape index (κ3) is 4.14. The van der Waals surface area contributed by atoms with E-state index in [2.05, 4.69) is 32.1 Å². The van der Waals surface area contributed by atoms with Gasteiger partial charge in [0.15, 0.2) is 5.16 Å². The molecule has 4 rings (SSSR count). The highest BCUT2D eigenvalue weighted by atomic mass is 32.2. The van der Waals surface area contributed by atoms with Crippen LogP contribution in [-0.2, 0) is 4.79 Å². The van der Waals surface area contributed by atoms with Crippen LogP contribution in [0, 0.1) is 19.8 Å². The second-order valence-corrected chi connectivity index (χ2v) is 8.92. The lowest BCUT2D eigenvalue weighted by atomic mass is 9.99. The zero-order valence-corrected chi connectivity index (χ0v) is 17.8. The Morgan fingerprint density at radius 3 is 2.79 bits per heavy atom. The number of amides is 1. The van der Waals surface area contributed by atoms with Gasteiger partial charge in [0.2, 0.25) is 5.91 Å². The first-order chi connectivity index (χ1) is 13.9. The fraction of sp³-hybridized carbons (Fsp3) is 0.550. The van der Waals surface area contributed by atoms with E-state index in [1.165, 1.54) is 18.1 Å². The number of rotatable bonds is 4. The molecule has 4 heterocycles. The van der Waals surface area contributed by atoms with E-state index in [4.69, 9.17) is 0 Å². The van der Waals surface area contributed by atoms with Crippen LogP contribution < -0.4 is 15.8 Å². The molecule has 154 valence electrons. The van der Waals surface area contributed by atoms with Crippen molar-refractivity contribution in [3.8, 4) is 0 Å². The molecule has 2 aromatic heterocycles. The Balaban J connectivity index is 1.44. The van der Waals surface area contributed by atoms with E-state index in [1.54, 1.807) is 11.5 Å². The van der Waals surface area contributed by atoms with Gasteiger partial charge in [-0.3, -0.25) is 14.2 Å². The van der Waals surface area contributed by atoms with E-state index in [9.17, 15) is 9.59 Å². The molecule has 1 saturated heterocycles. The highest BCUT2D eigenvalue weighted by Crippen LogP contribution is 2.32. The monoisotopic (exact) mass is 414 g/mol. The van der Waals surface area contributed by atoms with Crippen molar-refractivity contribution in [3.63, 3.8) is 0 Å². The minimum Gasteiger partial charge on any atom is -0.356 e. The molecule has 8 nitrogen and oxygen atoms in total. The molecule has 0 unspecified atom stereocenters. The van der Waals surface area contributed by atoms with E-state index in [-0.39, 0.29) is 23.9 Å². The second kappa shape index (κ2) is 8.14. The molecule has 2 aliphatic heterocycles. The Labute approximate surface area is 174 Å². The first-order valence-corrected chi connectivity index (χ1v) is 11.0. The van der Waals surface area contributed by atoms with Crippen LogP contribution in [0.15, 0.2) is 22.3 Å². The number of nitrogens with one attached hydrogen (secondary N) is 1. The van der Waals surface area contributed by atoms with Gasteiger partial charge in [0.25, 0.3) is 5.56 Å². The Hall–Kier alpha value is -2.42. The Morgan fingerprint density at radius 1 is 1.28 bits per heavy atom. The van der Waals surface area contributed by atoms with E-state index in [0.717, 1.165) is 43.4 Å². The summed E-state index contributed by atoms with van der Waals surface area (Å²) in [4.78, 5) is 40.6. The van der Waals surface area contributed by atoms with E-state index in [0.29, 0.717) is 22.3 Å². The molecule has 2 aliphatic rings. The van der Waals surface area contributed by atoms with Gasteiger partial charge < -0.3 is 10.2 Å². The first-order valence-electron chi connectivity index (χ1n) is 10.0. The number of hydrogen-bond acceptors (Lipinski definition) is 7. The molecular weight excluding hydrogens is 388 g/mol. The van der Waals surface area contributed by atoms with Crippen molar-refractivity contribution >= 4 is 29.3 Å². The number of carbonyl (C=O) groups excluding carboxylic acids is 1. The van der Waals surface area contributed by atoms with Crippen LogP contribution in [0.1, 0.15) is 43.5 Å². The summed E-state index contributed by atoms with van der Waals surface area (Å²) in [7, 11) is 0. The van der Waals surface area contributed by atoms with E-state index in [1.807, 2.05) is 13.0 Å². The molecule has 1 atom stereocenters. The van der Waals surface area contributed by atoms with Gasteiger partial charge in [-0.15, -0.1) is 0 Å². The molecule has 29 heavy (non-hydrogen) atoms. The number of piperidine rings is 1. The summed E-state index contributed by atoms with van der Waals surface area (Å²) in [5, 5.41) is 3.57. The predicted octanol–water partition coefficient (Wildman–Crippen LogP) is 2.56. The third-order valence-electron chi connectivity index (χ3n) is 5.77. The molecule has 0 aromatic carbocycles. The van der Waals surface area contributed by atoms with Gasteiger partial charge in [0.05, 0.1) is 6.04 Å². The van der Waals surface area contributed by atoms with Gasteiger partial charge in [-0.05, 0) is 32.6 Å². The number of thioether (sulfide) groups is 1. The fourth-order valence-corrected chi connectivity index (χ4v) is 4.94. The van der Waals surface area contributed by atoms with Gasteiger partial charge in [-0.25, -0.2) is 15.0 Å². The largest absolute Gasteiger partial charge is 0.356 e. The first kappa shape index (κ1) is 19.9. The van der Waals surface area contributed by atoms with Gasteiger partial charge in [0, 0.05) is 42.6 Å². The molecule has 0 bridgehead atoms. The van der Waals surface area contributed by atoms with E-state index < -0.39 is 0 Å². The van der Waals surface area contributed by atoms with Crippen molar-refractivity contribution in [3.05, 3.63) is 34.0 Å². The summed E-state index contributed by atoms with van der Waals surface area (Å²) < 4.78 is 1.66. The maximum atomic E-state index is 12.6. The van der Waals surface area contributed by atoms with Gasteiger partial charge in [-0.1, -0.05) is 18.7 Å². The molecule has 0 radical (unpaired) electrons. The second-order valence-electron chi connectivity index (χ2n) is 7.93. The van der Waals surface area contributed by atoms with Gasteiger partial charge in [-0.2, -0.15) is 0 Å². The lowest BCUT2D eigenvalue weighted by Crippen LogP contribution is -2.33. The Kier molecular flexibility index (Phi) is 5.58. The van der Waals surface area contributed by atoms with Crippen molar-refractivity contribution in [2.45, 2.75) is 51.2 Å². The molecular formula is C20H26N6O2S. The average Bonchev–Trinajstić information content (AvgIpc) is 3.09. The number of aryl methyl sites for hydroxylation is 1. The summed E-state index contributed by atoms with van der Waals surface area (Å²) in [6.45, 7) is 7.83. The maximum absolute atomic E-state index is 12.6. The average molecular weight is 415 g/mol. The smallest absolute Gasteiger partial charge is 0.257 e. The Bertz CT molecular complexity index is 983. The Morgan fingerprint density at radius 2 is 2.03 bits per heavy atom. The summed E-state index contributed by atoms with van der Waals surface area (Å²) in [6.07, 6.45) is 3.99. The van der Waals surface area contributed by atoms with Crippen LogP contribution in [0.2, 0.25) is 0 Å². The summed E-state index contributed by atoms with van der Waals surface area (Å²) in [5.74, 6) is 2.58. The van der Waals surface area contributed by atoms with Crippen LogP contribution in [0.3, 0.4) is 0 Å². The molecule has 0 spiro atoms. The standard InChI is InChI=1S/C20H26N6O2S/c1-12-4-6-25(7-5-12)17-9-16(21-11-22-17)24-18(27)8-15-10-29-20-23-14(3)13(2)19(28)26(15)20/h9,11-12,15H,4-8,10H2,1-3H3,(H,21,22,24,27)/t15-/m0/s1. The van der Waals surface area contributed by atoms with Crippen molar-refractivity contribution in [2.24, 2.45) is 5.92 Å². The topological polar surface area (TPSA) is 93.0 Å². The fourth-order valence-electron chi connectivity index (χ4n) is 3.76. The van der Waals surface area contributed by atoms with Gasteiger partial charge in [0.1, 0.15) is 18.0 Å². The van der Waals surface area contributed by atoms with Crippen molar-refractivity contribution in [2.75, 3.05) is 29.1 Å². The van der Waals surface area contributed by atoms with Crippen LogP contribution in [0.25, 0.3) is 0 Å². The maximum Gasteiger partial charge on any atom is 0.257 e. The molecule has 1 N–H and O–H groups in total. The molecule has 9 heteroatoms. The van der Waals surface area contributed by atoms with Crippen molar-refractivity contribution < 1.29 is 4.79 Å². The zero-order chi connectivity index (χ0) is 20.5. The normalized spacial score (nSPS) is 19.3. The summed E-state index contributed by atoms with van der Waals surface area (Å²) in [5.41, 5.74) is 1.33. The van der Waals surface area contributed by atoms with Crippen LogP contribution in [-0.4, -0.2) is 44.3 Å². The summed E-state index contributed by atoms with van der Waals surface area (Å²) >= 11 is 1.52. The molecule has 1 amide bonds. The van der Waals surface area contributed by atoms with Crippen LogP contribution >= 0.6 is 11.8 Å². The van der Waals surface area contributed by atoms with Crippen LogP contribution in [0.5, 0.6) is 0 Å². The number of hydrogen-bond donors (Lipinski definition) is 1. The third-order valence-corrected chi connectivity index (χ3v) is 6.87. The lowest BCUT2D eigenvalue weighted by Gasteiger charge is -2.31. The number of carbonyl (C=O) groups is 1. The highest BCUT2D eigenvalue weighted by molar-refractivity contribution is 7.99. The predicted molar refractivity (Wildman–Crippen MR) is 114 cm³/mol. The minimum absolute atomic E-state index is 0.0565. The number of aromatic nitrogens is 4. The minimum atomic E-state index is -0.195. The summed E-state index contributed by atoms with van der Waals surface area (Å²) in [6, 6.07) is 1.63. The molecule has 2 aromatic rings. The van der Waals surface area contributed by atoms with Crippen molar-refractivity contribution in [1.82, 2.24) is 19.5 Å².